The van der Waals surface area contributed by atoms with E-state index in [1.807, 2.05) is 19.9 Å². The normalized spacial score (nSPS) is 12.2. The molecule has 0 saturated carbocycles. The van der Waals surface area contributed by atoms with E-state index < -0.39 is 5.97 Å². The van der Waals surface area contributed by atoms with Crippen molar-refractivity contribution < 1.29 is 9.90 Å². The van der Waals surface area contributed by atoms with Crippen molar-refractivity contribution in [3.63, 3.8) is 0 Å². The van der Waals surface area contributed by atoms with Gasteiger partial charge in [0, 0.05) is 11.3 Å². The SMILES string of the molecule is Cc1ccc(C(=O)O)cc1NC(C)c1cc(Cl)sc1Cl. The third-order valence-electron chi connectivity index (χ3n) is 3.01. The number of thiophene rings is 1. The van der Waals surface area contributed by atoms with E-state index in [1.165, 1.54) is 11.3 Å². The summed E-state index contributed by atoms with van der Waals surface area (Å²) in [5.41, 5.74) is 2.90. The topological polar surface area (TPSA) is 49.3 Å². The van der Waals surface area contributed by atoms with E-state index in [1.54, 1.807) is 18.2 Å². The van der Waals surface area contributed by atoms with Gasteiger partial charge in [-0.25, -0.2) is 4.79 Å². The molecule has 1 heterocycles. The van der Waals surface area contributed by atoms with E-state index in [9.17, 15) is 4.79 Å². The van der Waals surface area contributed by atoms with Crippen molar-refractivity contribution in [1.29, 1.82) is 0 Å². The Hall–Kier alpha value is -1.23. The van der Waals surface area contributed by atoms with Gasteiger partial charge in [-0.05, 0) is 37.6 Å². The highest BCUT2D eigenvalue weighted by Crippen LogP contribution is 2.36. The van der Waals surface area contributed by atoms with Crippen LogP contribution in [0.5, 0.6) is 0 Å². The first-order valence-electron chi connectivity index (χ1n) is 5.93. The fourth-order valence-corrected chi connectivity index (χ4v) is 3.52. The Morgan fingerprint density at radius 3 is 2.60 bits per heavy atom. The number of nitrogens with one attached hydrogen (secondary N) is 1. The Morgan fingerprint density at radius 1 is 1.35 bits per heavy atom. The molecule has 0 aliphatic carbocycles. The van der Waals surface area contributed by atoms with Crippen LogP contribution in [0.15, 0.2) is 24.3 Å². The van der Waals surface area contributed by atoms with Gasteiger partial charge in [-0.3, -0.25) is 0 Å². The van der Waals surface area contributed by atoms with Crippen LogP contribution in [0.2, 0.25) is 8.67 Å². The standard InChI is InChI=1S/C14H13Cl2NO2S/c1-7-3-4-9(14(18)19)5-11(7)17-8(2)10-6-12(15)20-13(10)16/h3-6,8,17H,1-2H3,(H,18,19). The molecule has 2 N–H and O–H groups in total. The maximum Gasteiger partial charge on any atom is 0.335 e. The Bertz CT molecular complexity index is 655. The van der Waals surface area contributed by atoms with Gasteiger partial charge in [0.2, 0.25) is 0 Å². The van der Waals surface area contributed by atoms with Crippen molar-refractivity contribution in [3.8, 4) is 0 Å². The Balaban J connectivity index is 2.27. The summed E-state index contributed by atoms with van der Waals surface area (Å²) in [7, 11) is 0. The van der Waals surface area contributed by atoms with Gasteiger partial charge in [0.05, 0.1) is 20.3 Å². The monoisotopic (exact) mass is 329 g/mol. The number of carboxylic acid groups (broad SMARTS) is 1. The van der Waals surface area contributed by atoms with Crippen LogP contribution in [-0.2, 0) is 0 Å². The van der Waals surface area contributed by atoms with Gasteiger partial charge in [-0.15, -0.1) is 11.3 Å². The quantitative estimate of drug-likeness (QED) is 0.806. The van der Waals surface area contributed by atoms with Crippen LogP contribution in [0, 0.1) is 6.92 Å². The van der Waals surface area contributed by atoms with E-state index >= 15 is 0 Å². The van der Waals surface area contributed by atoms with Gasteiger partial charge in [-0.1, -0.05) is 29.3 Å². The predicted octanol–water partition coefficient (Wildman–Crippen LogP) is 5.23. The lowest BCUT2D eigenvalue weighted by molar-refractivity contribution is 0.0697. The molecule has 2 rings (SSSR count). The van der Waals surface area contributed by atoms with Crippen LogP contribution in [0.1, 0.15) is 34.5 Å². The highest BCUT2D eigenvalue weighted by atomic mass is 35.5. The van der Waals surface area contributed by atoms with Crippen LogP contribution in [0.4, 0.5) is 5.69 Å². The Kier molecular flexibility index (Phi) is 4.58. The molecule has 6 heteroatoms. The first-order chi connectivity index (χ1) is 9.38. The molecule has 3 nitrogen and oxygen atoms in total. The first-order valence-corrected chi connectivity index (χ1v) is 7.51. The summed E-state index contributed by atoms with van der Waals surface area (Å²) in [6.45, 7) is 3.88. The fraction of sp³-hybridized carbons (Fsp3) is 0.214. The Morgan fingerprint density at radius 2 is 2.05 bits per heavy atom. The summed E-state index contributed by atoms with van der Waals surface area (Å²) in [4.78, 5) is 11.0. The molecule has 0 aliphatic heterocycles. The molecule has 0 radical (unpaired) electrons. The molecule has 1 aromatic carbocycles. The predicted molar refractivity (Wildman–Crippen MR) is 84.5 cm³/mol. The van der Waals surface area contributed by atoms with Crippen molar-refractivity contribution >= 4 is 46.2 Å². The molecule has 0 spiro atoms. The van der Waals surface area contributed by atoms with E-state index in [0.29, 0.717) is 8.67 Å². The summed E-state index contributed by atoms with van der Waals surface area (Å²) in [5, 5.41) is 12.3. The zero-order valence-electron chi connectivity index (χ0n) is 10.9. The lowest BCUT2D eigenvalue weighted by atomic mass is 10.1. The molecule has 0 bridgehead atoms. The van der Waals surface area contributed by atoms with Crippen molar-refractivity contribution in [2.75, 3.05) is 5.32 Å². The number of aryl methyl sites for hydroxylation is 1. The third-order valence-corrected chi connectivity index (χ3v) is 4.52. The first kappa shape index (κ1) is 15.2. The molecular formula is C14H13Cl2NO2S. The van der Waals surface area contributed by atoms with Gasteiger partial charge in [0.25, 0.3) is 0 Å². The van der Waals surface area contributed by atoms with E-state index in [4.69, 9.17) is 28.3 Å². The molecule has 0 aliphatic rings. The number of rotatable bonds is 4. The fourth-order valence-electron chi connectivity index (χ4n) is 1.87. The molecule has 1 atom stereocenters. The second-order valence-electron chi connectivity index (χ2n) is 4.48. The highest BCUT2D eigenvalue weighted by molar-refractivity contribution is 7.20. The molecule has 20 heavy (non-hydrogen) atoms. The molecule has 106 valence electrons. The maximum absolute atomic E-state index is 11.0. The number of carboxylic acids is 1. The molecular weight excluding hydrogens is 317 g/mol. The molecule has 0 saturated heterocycles. The van der Waals surface area contributed by atoms with Gasteiger partial charge in [0.15, 0.2) is 0 Å². The average molecular weight is 330 g/mol. The minimum absolute atomic E-state index is 0.0611. The lowest BCUT2D eigenvalue weighted by Gasteiger charge is -2.17. The summed E-state index contributed by atoms with van der Waals surface area (Å²) < 4.78 is 1.27. The van der Waals surface area contributed by atoms with Crippen LogP contribution < -0.4 is 5.32 Å². The van der Waals surface area contributed by atoms with Crippen LogP contribution in [0.3, 0.4) is 0 Å². The minimum atomic E-state index is -0.947. The number of hydrogen-bond acceptors (Lipinski definition) is 3. The number of carbonyl (C=O) groups is 1. The van der Waals surface area contributed by atoms with Crippen molar-refractivity contribution in [3.05, 3.63) is 49.6 Å². The zero-order valence-corrected chi connectivity index (χ0v) is 13.2. The largest absolute Gasteiger partial charge is 0.478 e. The van der Waals surface area contributed by atoms with Gasteiger partial charge >= 0.3 is 5.97 Å². The van der Waals surface area contributed by atoms with Crippen molar-refractivity contribution in [1.82, 2.24) is 0 Å². The Labute approximate surface area is 131 Å². The maximum atomic E-state index is 11.0. The van der Waals surface area contributed by atoms with Crippen LogP contribution in [-0.4, -0.2) is 11.1 Å². The zero-order chi connectivity index (χ0) is 14.9. The highest BCUT2D eigenvalue weighted by Gasteiger charge is 2.15. The second-order valence-corrected chi connectivity index (χ2v) is 6.77. The number of benzene rings is 1. The van der Waals surface area contributed by atoms with Gasteiger partial charge in [-0.2, -0.15) is 0 Å². The van der Waals surface area contributed by atoms with Crippen LogP contribution in [0.25, 0.3) is 0 Å². The number of hydrogen-bond donors (Lipinski definition) is 2. The molecule has 1 unspecified atom stereocenters. The summed E-state index contributed by atoms with van der Waals surface area (Å²) in [6.07, 6.45) is 0. The van der Waals surface area contributed by atoms with Gasteiger partial charge in [0.1, 0.15) is 0 Å². The van der Waals surface area contributed by atoms with Crippen molar-refractivity contribution in [2.24, 2.45) is 0 Å². The van der Waals surface area contributed by atoms with E-state index in [-0.39, 0.29) is 11.6 Å². The summed E-state index contributed by atoms with van der Waals surface area (Å²) in [5.74, 6) is -0.947. The number of aromatic carboxylic acids is 1. The van der Waals surface area contributed by atoms with E-state index in [0.717, 1.165) is 16.8 Å². The number of halogens is 2. The average Bonchev–Trinajstić information content (AvgIpc) is 2.71. The lowest BCUT2D eigenvalue weighted by Crippen LogP contribution is -2.08. The summed E-state index contributed by atoms with van der Waals surface area (Å²) in [6, 6.07) is 6.75. The van der Waals surface area contributed by atoms with Gasteiger partial charge < -0.3 is 10.4 Å². The smallest absolute Gasteiger partial charge is 0.335 e. The summed E-state index contributed by atoms with van der Waals surface area (Å²) >= 11 is 13.4. The third kappa shape index (κ3) is 3.26. The van der Waals surface area contributed by atoms with Crippen molar-refractivity contribution in [2.45, 2.75) is 19.9 Å². The van der Waals surface area contributed by atoms with E-state index in [2.05, 4.69) is 5.32 Å². The molecule has 0 fully saturated rings. The second kappa shape index (κ2) is 6.04. The molecule has 1 aromatic heterocycles. The minimum Gasteiger partial charge on any atom is -0.478 e. The molecule has 2 aromatic rings. The van der Waals surface area contributed by atoms with Crippen LogP contribution >= 0.6 is 34.5 Å². The molecule has 0 amide bonds. The number of anilines is 1.